The number of carbonyl (C=O) groups excluding carboxylic acids is 3. The zero-order valence-electron chi connectivity index (χ0n) is 15.7. The largest absolute Gasteiger partial charge is 0.464 e. The lowest BCUT2D eigenvalue weighted by Crippen LogP contribution is -2.43. The van der Waals surface area contributed by atoms with Gasteiger partial charge in [-0.1, -0.05) is 13.0 Å². The molecule has 26 heavy (non-hydrogen) atoms. The lowest BCUT2D eigenvalue weighted by Gasteiger charge is -2.28. The molecule has 0 aliphatic heterocycles. The van der Waals surface area contributed by atoms with Crippen molar-refractivity contribution in [3.63, 3.8) is 0 Å². The average Bonchev–Trinajstić information content (AvgIpc) is 3.25. The van der Waals surface area contributed by atoms with Crippen molar-refractivity contribution >= 4 is 29.0 Å². The van der Waals surface area contributed by atoms with E-state index in [2.05, 4.69) is 4.98 Å². The molecule has 2 aromatic heterocycles. The maximum Gasteiger partial charge on any atom is 0.354 e. The minimum Gasteiger partial charge on any atom is -0.464 e. The molecule has 6 nitrogen and oxygen atoms in total. The van der Waals surface area contributed by atoms with Crippen molar-refractivity contribution in [2.75, 3.05) is 13.7 Å². The van der Waals surface area contributed by atoms with Crippen LogP contribution in [0.25, 0.3) is 0 Å². The molecule has 2 heterocycles. The summed E-state index contributed by atoms with van der Waals surface area (Å²) in [5, 5.41) is 1.84. The van der Waals surface area contributed by atoms with E-state index in [-0.39, 0.29) is 17.4 Å². The van der Waals surface area contributed by atoms with Gasteiger partial charge in [0.05, 0.1) is 18.0 Å². The molecule has 1 amide bonds. The first-order valence-corrected chi connectivity index (χ1v) is 9.37. The molecule has 0 aliphatic carbocycles. The number of esters is 1. The van der Waals surface area contributed by atoms with Gasteiger partial charge in [0.25, 0.3) is 5.91 Å². The lowest BCUT2D eigenvalue weighted by atomic mass is 9.99. The van der Waals surface area contributed by atoms with E-state index < -0.39 is 12.0 Å². The molecule has 140 valence electrons. The molecule has 0 saturated heterocycles. The van der Waals surface area contributed by atoms with Crippen LogP contribution < -0.4 is 0 Å². The van der Waals surface area contributed by atoms with Crippen molar-refractivity contribution in [2.24, 2.45) is 0 Å². The van der Waals surface area contributed by atoms with Gasteiger partial charge in [-0.25, -0.2) is 4.79 Å². The van der Waals surface area contributed by atoms with Crippen LogP contribution in [0.1, 0.15) is 62.0 Å². The number of ketones is 1. The summed E-state index contributed by atoms with van der Waals surface area (Å²) in [6, 6.07) is 2.94. The van der Waals surface area contributed by atoms with Crippen LogP contribution in [0.5, 0.6) is 0 Å². The number of ether oxygens (including phenoxy) is 1. The van der Waals surface area contributed by atoms with Crippen molar-refractivity contribution in [3.8, 4) is 0 Å². The average molecular weight is 376 g/mol. The van der Waals surface area contributed by atoms with Gasteiger partial charge in [-0.05, 0) is 44.2 Å². The van der Waals surface area contributed by atoms with Crippen LogP contribution >= 0.6 is 11.3 Å². The van der Waals surface area contributed by atoms with E-state index in [9.17, 15) is 14.4 Å². The van der Waals surface area contributed by atoms with Gasteiger partial charge >= 0.3 is 5.97 Å². The van der Waals surface area contributed by atoms with Crippen LogP contribution in [-0.2, 0) is 4.74 Å². The standard InChI is InChI=1S/C19H24N2O4S/c1-6-9-21(18(23)14-8-7-10-26-14)13(4)17(22)15-11(2)16(19(24)25-5)20-12(15)3/h7-8,10,13,20H,6,9H2,1-5H3/t13-/m1/s1. The van der Waals surface area contributed by atoms with Crippen molar-refractivity contribution in [2.45, 2.75) is 40.2 Å². The molecule has 0 fully saturated rings. The Kier molecular flexibility index (Phi) is 6.37. The second-order valence-electron chi connectivity index (χ2n) is 6.13. The molecule has 2 rings (SSSR count). The number of aryl methyl sites for hydroxylation is 1. The molecule has 0 aromatic carbocycles. The minimum absolute atomic E-state index is 0.151. The number of aromatic nitrogens is 1. The van der Waals surface area contributed by atoms with Crippen molar-refractivity contribution in [1.82, 2.24) is 9.88 Å². The Morgan fingerprint density at radius 2 is 2.00 bits per heavy atom. The molecule has 0 bridgehead atoms. The number of hydrogen-bond donors (Lipinski definition) is 1. The Bertz CT molecular complexity index is 808. The van der Waals surface area contributed by atoms with Gasteiger partial charge in [-0.2, -0.15) is 0 Å². The Morgan fingerprint density at radius 3 is 2.54 bits per heavy atom. The smallest absolute Gasteiger partial charge is 0.354 e. The van der Waals surface area contributed by atoms with Crippen LogP contribution in [0, 0.1) is 13.8 Å². The number of nitrogens with one attached hydrogen (secondary N) is 1. The number of hydrogen-bond acceptors (Lipinski definition) is 5. The molecule has 1 N–H and O–H groups in total. The fourth-order valence-corrected chi connectivity index (χ4v) is 3.71. The second kappa shape index (κ2) is 8.31. The van der Waals surface area contributed by atoms with Crippen LogP contribution in [0.2, 0.25) is 0 Å². The summed E-state index contributed by atoms with van der Waals surface area (Å²) in [7, 11) is 1.30. The highest BCUT2D eigenvalue weighted by atomic mass is 32.1. The molecular weight excluding hydrogens is 352 g/mol. The maximum atomic E-state index is 13.1. The number of Topliss-reactive ketones (excluding diaryl/α,β-unsaturated/α-hetero) is 1. The SMILES string of the molecule is CCCN(C(=O)c1cccs1)[C@H](C)C(=O)c1c(C)[nH]c(C(=O)OC)c1C. The van der Waals surface area contributed by atoms with Gasteiger partial charge in [0.1, 0.15) is 5.69 Å². The van der Waals surface area contributed by atoms with Gasteiger partial charge in [0.2, 0.25) is 0 Å². The summed E-state index contributed by atoms with van der Waals surface area (Å²) in [6.07, 6.45) is 0.743. The second-order valence-corrected chi connectivity index (χ2v) is 7.08. The first kappa shape index (κ1) is 19.9. The van der Waals surface area contributed by atoms with E-state index in [0.29, 0.717) is 28.2 Å². The van der Waals surface area contributed by atoms with Crippen LogP contribution in [-0.4, -0.2) is 47.2 Å². The van der Waals surface area contributed by atoms with Gasteiger partial charge in [0, 0.05) is 17.8 Å². The molecule has 0 radical (unpaired) electrons. The molecule has 1 atom stereocenters. The number of carbonyl (C=O) groups is 3. The highest BCUT2D eigenvalue weighted by Crippen LogP contribution is 2.23. The number of aromatic amines is 1. The normalized spacial score (nSPS) is 11.9. The van der Waals surface area contributed by atoms with Crippen LogP contribution in [0.15, 0.2) is 17.5 Å². The Hall–Kier alpha value is -2.41. The summed E-state index contributed by atoms with van der Waals surface area (Å²) in [4.78, 5) is 42.9. The number of thiophene rings is 1. The Balaban J connectivity index is 2.36. The summed E-state index contributed by atoms with van der Waals surface area (Å²) in [5.41, 5.74) is 1.86. The van der Waals surface area contributed by atoms with E-state index in [1.807, 2.05) is 18.4 Å². The quantitative estimate of drug-likeness (QED) is 0.591. The summed E-state index contributed by atoms with van der Waals surface area (Å²) in [6.45, 7) is 7.63. The molecule has 0 unspecified atom stereocenters. The van der Waals surface area contributed by atoms with Crippen molar-refractivity contribution < 1.29 is 19.1 Å². The first-order chi connectivity index (χ1) is 12.3. The Labute approximate surface area is 157 Å². The van der Waals surface area contributed by atoms with E-state index in [1.54, 1.807) is 31.7 Å². The first-order valence-electron chi connectivity index (χ1n) is 8.49. The topological polar surface area (TPSA) is 79.5 Å². The van der Waals surface area contributed by atoms with Crippen LogP contribution in [0.4, 0.5) is 0 Å². The third kappa shape index (κ3) is 3.72. The predicted octanol–water partition coefficient (Wildman–Crippen LogP) is 3.60. The summed E-state index contributed by atoms with van der Waals surface area (Å²) < 4.78 is 4.75. The number of methoxy groups -OCH3 is 1. The van der Waals surface area contributed by atoms with Gasteiger partial charge in [0.15, 0.2) is 5.78 Å². The molecule has 0 aliphatic rings. The van der Waals surface area contributed by atoms with Gasteiger partial charge < -0.3 is 14.6 Å². The summed E-state index contributed by atoms with van der Waals surface area (Å²) in [5.74, 6) is -0.858. The van der Waals surface area contributed by atoms with E-state index >= 15 is 0 Å². The third-order valence-corrected chi connectivity index (χ3v) is 5.24. The van der Waals surface area contributed by atoms with E-state index in [1.165, 1.54) is 18.4 Å². The number of nitrogens with zero attached hydrogens (tertiary/aromatic N) is 1. The van der Waals surface area contributed by atoms with Gasteiger partial charge in [-0.15, -0.1) is 11.3 Å². The van der Waals surface area contributed by atoms with Crippen molar-refractivity contribution in [1.29, 1.82) is 0 Å². The van der Waals surface area contributed by atoms with Crippen LogP contribution in [0.3, 0.4) is 0 Å². The highest BCUT2D eigenvalue weighted by molar-refractivity contribution is 7.12. The fraction of sp³-hybridized carbons (Fsp3) is 0.421. The number of H-pyrrole nitrogens is 1. The highest BCUT2D eigenvalue weighted by Gasteiger charge is 2.31. The number of rotatable bonds is 7. The molecule has 0 saturated carbocycles. The van der Waals surface area contributed by atoms with E-state index in [4.69, 9.17) is 4.74 Å². The zero-order chi connectivity index (χ0) is 19.4. The summed E-state index contributed by atoms with van der Waals surface area (Å²) >= 11 is 1.36. The zero-order valence-corrected chi connectivity index (χ0v) is 16.5. The monoisotopic (exact) mass is 376 g/mol. The lowest BCUT2D eigenvalue weighted by molar-refractivity contribution is 0.0592. The molecular formula is C19H24N2O4S. The predicted molar refractivity (Wildman–Crippen MR) is 101 cm³/mol. The molecule has 7 heteroatoms. The molecule has 2 aromatic rings. The van der Waals surface area contributed by atoms with E-state index in [0.717, 1.165) is 6.42 Å². The number of amides is 1. The maximum absolute atomic E-state index is 13.1. The minimum atomic E-state index is -0.636. The fourth-order valence-electron chi connectivity index (χ4n) is 3.03. The molecule has 0 spiro atoms. The third-order valence-electron chi connectivity index (χ3n) is 4.38. The van der Waals surface area contributed by atoms with Gasteiger partial charge in [-0.3, -0.25) is 9.59 Å². The Morgan fingerprint density at radius 1 is 1.31 bits per heavy atom. The van der Waals surface area contributed by atoms with Crippen molar-refractivity contribution in [3.05, 3.63) is 44.9 Å².